The summed E-state index contributed by atoms with van der Waals surface area (Å²) in [4.78, 5) is 36.5. The third-order valence-corrected chi connectivity index (χ3v) is 5.11. The molecule has 0 heterocycles. The number of Topliss-reactive ketones (excluding diaryl/α,β-unsaturated/α-hetero) is 1. The number of phenols is 3. The Balaban J connectivity index is 1.98. The molecule has 0 radical (unpaired) electrons. The zero-order valence-corrected chi connectivity index (χ0v) is 13.4. The highest BCUT2D eigenvalue weighted by molar-refractivity contribution is 6.18. The molecule has 2 aromatic carbocycles. The molecule has 0 aliphatic heterocycles. The first-order chi connectivity index (χ1) is 12.3. The van der Waals surface area contributed by atoms with Crippen LogP contribution in [0.1, 0.15) is 49.4 Å². The summed E-state index contributed by atoms with van der Waals surface area (Å²) >= 11 is 0. The first kappa shape index (κ1) is 16.1. The quantitative estimate of drug-likeness (QED) is 0.490. The van der Waals surface area contributed by atoms with Crippen LogP contribution in [0.2, 0.25) is 0 Å². The maximum absolute atomic E-state index is 12.8. The van der Waals surface area contributed by atoms with E-state index in [-0.39, 0.29) is 58.6 Å². The largest absolute Gasteiger partial charge is 0.507 e. The Kier molecular flexibility index (Phi) is 3.30. The van der Waals surface area contributed by atoms with Crippen molar-refractivity contribution < 1.29 is 34.8 Å². The summed E-state index contributed by atoms with van der Waals surface area (Å²) in [7, 11) is 0. The predicted octanol–water partition coefficient (Wildman–Crippen LogP) is 1.77. The molecule has 0 aromatic heterocycles. The van der Waals surface area contributed by atoms with Crippen LogP contribution in [-0.4, -0.2) is 38.0 Å². The van der Waals surface area contributed by atoms with Gasteiger partial charge in [0.15, 0.2) is 5.78 Å². The molecule has 7 nitrogen and oxygen atoms in total. The summed E-state index contributed by atoms with van der Waals surface area (Å²) in [6, 6.07) is 4.53. The van der Waals surface area contributed by atoms with Crippen molar-refractivity contribution >= 4 is 17.5 Å². The molecule has 26 heavy (non-hydrogen) atoms. The molecule has 0 fully saturated rings. The van der Waals surface area contributed by atoms with Crippen molar-refractivity contribution in [1.82, 2.24) is 0 Å². The predicted molar refractivity (Wildman–Crippen MR) is 87.9 cm³/mol. The maximum atomic E-state index is 12.8. The Morgan fingerprint density at radius 2 is 1.65 bits per heavy atom. The number of aromatic hydroxyl groups is 3. The highest BCUT2D eigenvalue weighted by Gasteiger charge is 2.40. The lowest BCUT2D eigenvalue weighted by atomic mass is 9.75. The first-order valence-electron chi connectivity index (χ1n) is 8.02. The summed E-state index contributed by atoms with van der Waals surface area (Å²) < 4.78 is 0. The second-order valence-electron chi connectivity index (χ2n) is 6.59. The van der Waals surface area contributed by atoms with Crippen molar-refractivity contribution in [2.45, 2.75) is 19.3 Å². The number of carboxylic acid groups (broad SMARTS) is 1. The number of carbonyl (C=O) groups is 3. The molecule has 4 N–H and O–H groups in total. The van der Waals surface area contributed by atoms with Crippen LogP contribution in [0.5, 0.6) is 17.2 Å². The van der Waals surface area contributed by atoms with Crippen LogP contribution >= 0.6 is 0 Å². The molecule has 2 aliphatic carbocycles. The fraction of sp³-hybridized carbons (Fsp3) is 0.211. The average Bonchev–Trinajstić information content (AvgIpc) is 2.58. The molecule has 1 atom stereocenters. The summed E-state index contributed by atoms with van der Waals surface area (Å²) in [6.45, 7) is 0. The van der Waals surface area contributed by atoms with E-state index in [0.29, 0.717) is 5.56 Å². The molecule has 0 saturated carbocycles. The fourth-order valence-electron chi connectivity index (χ4n) is 3.88. The SMILES string of the molecule is O=C1CC(C(=O)O)Cc2c(O)c3c(c(O)c21)C(=O)c1c(O)cccc1C3. The van der Waals surface area contributed by atoms with Gasteiger partial charge in [-0.05, 0) is 18.1 Å². The third-order valence-electron chi connectivity index (χ3n) is 5.11. The fourth-order valence-corrected chi connectivity index (χ4v) is 3.88. The zero-order chi connectivity index (χ0) is 18.7. The van der Waals surface area contributed by atoms with Crippen molar-refractivity contribution in [3.63, 3.8) is 0 Å². The van der Waals surface area contributed by atoms with Crippen molar-refractivity contribution in [3.05, 3.63) is 51.6 Å². The topological polar surface area (TPSA) is 132 Å². The maximum Gasteiger partial charge on any atom is 0.307 e. The van der Waals surface area contributed by atoms with Crippen LogP contribution in [0.25, 0.3) is 0 Å². The molecule has 132 valence electrons. The summed E-state index contributed by atoms with van der Waals surface area (Å²) in [5, 5.41) is 40.5. The van der Waals surface area contributed by atoms with Gasteiger partial charge in [0.2, 0.25) is 5.78 Å². The Morgan fingerprint density at radius 3 is 2.35 bits per heavy atom. The molecular formula is C19H14O7. The van der Waals surface area contributed by atoms with E-state index in [9.17, 15) is 34.8 Å². The van der Waals surface area contributed by atoms with Gasteiger partial charge < -0.3 is 20.4 Å². The molecule has 7 heteroatoms. The Morgan fingerprint density at radius 1 is 0.923 bits per heavy atom. The highest BCUT2D eigenvalue weighted by atomic mass is 16.4. The van der Waals surface area contributed by atoms with Gasteiger partial charge in [0.1, 0.15) is 17.2 Å². The lowest BCUT2D eigenvalue weighted by molar-refractivity contribution is -0.141. The smallest absolute Gasteiger partial charge is 0.307 e. The number of aliphatic carboxylic acids is 1. The van der Waals surface area contributed by atoms with Gasteiger partial charge in [-0.25, -0.2) is 0 Å². The van der Waals surface area contributed by atoms with Gasteiger partial charge in [-0.3, -0.25) is 14.4 Å². The van der Waals surface area contributed by atoms with E-state index in [4.69, 9.17) is 0 Å². The lowest BCUT2D eigenvalue weighted by Crippen LogP contribution is -2.28. The second kappa shape index (κ2) is 5.32. The third kappa shape index (κ3) is 2.03. The molecule has 0 spiro atoms. The summed E-state index contributed by atoms with van der Waals surface area (Å²) in [6.07, 6.45) is -0.349. The summed E-state index contributed by atoms with van der Waals surface area (Å²) in [5.74, 6) is -4.60. The molecule has 2 aromatic rings. The van der Waals surface area contributed by atoms with Gasteiger partial charge >= 0.3 is 5.97 Å². The number of phenolic OH excluding ortho intramolecular Hbond substituents is 3. The van der Waals surface area contributed by atoms with E-state index in [1.165, 1.54) is 6.07 Å². The molecule has 1 unspecified atom stereocenters. The minimum Gasteiger partial charge on any atom is -0.507 e. The van der Waals surface area contributed by atoms with Gasteiger partial charge in [-0.1, -0.05) is 12.1 Å². The van der Waals surface area contributed by atoms with Crippen molar-refractivity contribution in [2.24, 2.45) is 5.92 Å². The molecule has 2 aliphatic rings. The van der Waals surface area contributed by atoms with Crippen LogP contribution < -0.4 is 0 Å². The molecule has 0 saturated heterocycles. The number of hydrogen-bond donors (Lipinski definition) is 4. The van der Waals surface area contributed by atoms with Crippen LogP contribution in [0.3, 0.4) is 0 Å². The van der Waals surface area contributed by atoms with Gasteiger partial charge in [0, 0.05) is 24.0 Å². The van der Waals surface area contributed by atoms with Crippen molar-refractivity contribution in [3.8, 4) is 17.2 Å². The average molecular weight is 354 g/mol. The minimum absolute atomic E-state index is 0.0290. The van der Waals surface area contributed by atoms with E-state index in [0.717, 1.165) is 0 Å². The van der Waals surface area contributed by atoms with Gasteiger partial charge in [-0.15, -0.1) is 0 Å². The Bertz CT molecular complexity index is 1020. The van der Waals surface area contributed by atoms with E-state index >= 15 is 0 Å². The number of benzene rings is 2. The normalized spacial score (nSPS) is 18.1. The zero-order valence-electron chi connectivity index (χ0n) is 13.4. The van der Waals surface area contributed by atoms with Crippen LogP contribution in [-0.2, 0) is 17.6 Å². The number of rotatable bonds is 1. The number of carboxylic acids is 1. The molecule has 0 bridgehead atoms. The lowest BCUT2D eigenvalue weighted by Gasteiger charge is -2.28. The molecule has 4 rings (SSSR count). The Hall–Kier alpha value is -3.35. The van der Waals surface area contributed by atoms with Crippen molar-refractivity contribution in [2.75, 3.05) is 0 Å². The van der Waals surface area contributed by atoms with Gasteiger partial charge in [0.25, 0.3) is 0 Å². The van der Waals surface area contributed by atoms with Gasteiger partial charge in [-0.2, -0.15) is 0 Å². The van der Waals surface area contributed by atoms with E-state index < -0.39 is 29.2 Å². The van der Waals surface area contributed by atoms with E-state index in [1.54, 1.807) is 12.1 Å². The number of fused-ring (bicyclic) bond motifs is 3. The minimum atomic E-state index is -1.16. The highest BCUT2D eigenvalue weighted by Crippen LogP contribution is 2.47. The number of ketones is 2. The molecular weight excluding hydrogens is 340 g/mol. The second-order valence-corrected chi connectivity index (χ2v) is 6.59. The van der Waals surface area contributed by atoms with Gasteiger partial charge in [0.05, 0.1) is 22.6 Å². The van der Waals surface area contributed by atoms with E-state index in [1.807, 2.05) is 0 Å². The number of carbonyl (C=O) groups excluding carboxylic acids is 2. The van der Waals surface area contributed by atoms with Crippen LogP contribution in [0.15, 0.2) is 18.2 Å². The molecule has 0 amide bonds. The first-order valence-corrected chi connectivity index (χ1v) is 8.02. The van der Waals surface area contributed by atoms with Crippen LogP contribution in [0.4, 0.5) is 0 Å². The Labute approximate surface area is 147 Å². The monoisotopic (exact) mass is 354 g/mol. The van der Waals surface area contributed by atoms with Crippen LogP contribution in [0, 0.1) is 5.92 Å². The standard InChI is InChI=1S/C19H14O7/c20-11-3-1-2-7-4-10-15(17(23)13(7)11)18(24)14-9(16(10)22)5-8(19(25)26)6-12(14)21/h1-3,8,20,22,24H,4-6H2,(H,25,26). The number of hydrogen-bond acceptors (Lipinski definition) is 6. The van der Waals surface area contributed by atoms with E-state index in [2.05, 4.69) is 0 Å². The van der Waals surface area contributed by atoms with Crippen molar-refractivity contribution in [1.29, 1.82) is 0 Å². The summed E-state index contributed by atoms with van der Waals surface area (Å²) in [5.41, 5.74) is 0.295.